The average Bonchev–Trinajstić information content (AvgIpc) is 2.78. The molecule has 2 aromatic heterocycles. The summed E-state index contributed by atoms with van der Waals surface area (Å²) in [6.07, 6.45) is 1.94. The molecule has 178 valence electrons. The van der Waals surface area contributed by atoms with Gasteiger partial charge in [0.2, 0.25) is 5.88 Å². The Bertz CT molecular complexity index is 1290. The zero-order valence-electron chi connectivity index (χ0n) is 19.3. The number of nitrogens with zero attached hydrogens (tertiary/aromatic N) is 4. The first-order valence-electron chi connectivity index (χ1n) is 11.3. The smallest absolute Gasteiger partial charge is 0.413 e. The molecule has 4 N–H and O–H groups in total. The van der Waals surface area contributed by atoms with E-state index in [-0.39, 0.29) is 11.7 Å². The van der Waals surface area contributed by atoms with E-state index in [1.165, 1.54) is 11.1 Å². The van der Waals surface area contributed by atoms with Gasteiger partial charge in [0.15, 0.2) is 5.82 Å². The normalized spacial score (nSPS) is 16.0. The van der Waals surface area contributed by atoms with E-state index < -0.39 is 11.9 Å². The summed E-state index contributed by atoms with van der Waals surface area (Å²) in [6.45, 7) is 8.45. The fourth-order valence-electron chi connectivity index (χ4n) is 4.62. The highest BCUT2D eigenvalue weighted by Gasteiger charge is 2.37. The van der Waals surface area contributed by atoms with E-state index in [0.29, 0.717) is 65.9 Å². The highest BCUT2D eigenvalue weighted by atomic mass is 19.1. The minimum atomic E-state index is -1.07. The van der Waals surface area contributed by atoms with Crippen LogP contribution in [0.4, 0.5) is 26.4 Å². The SMILES string of the molecule is Cc1c(-c2cc3cc(N(C(=O)O)C4CN(C(C)C)C4)ncc3c(N)c2F)cnc2c1NCCO2. The lowest BCUT2D eigenvalue weighted by atomic mass is 9.97. The molecule has 3 aromatic rings. The Morgan fingerprint density at radius 2 is 2.06 bits per heavy atom. The number of nitrogens with two attached hydrogens (primary N) is 1. The number of nitrogen functional groups attached to an aromatic ring is 1. The highest BCUT2D eigenvalue weighted by molar-refractivity contribution is 6.00. The minimum Gasteiger partial charge on any atom is -0.474 e. The number of likely N-dealkylation sites (tertiary alicyclic amines) is 1. The van der Waals surface area contributed by atoms with Gasteiger partial charge in [-0.05, 0) is 43.9 Å². The number of benzene rings is 1. The molecule has 1 fully saturated rings. The summed E-state index contributed by atoms with van der Waals surface area (Å²) in [5, 5.41) is 14.2. The number of aromatic nitrogens is 2. The number of anilines is 3. The molecule has 0 atom stereocenters. The second-order valence-electron chi connectivity index (χ2n) is 9.02. The standard InChI is InChI=1S/C24H27FN6O3/c1-12(2)30-10-15(11-30)31(24(32)33)19-7-14-6-16(20(25)21(26)18(14)9-28-19)17-8-29-23-22(13(17)3)27-4-5-34-23/h6-9,12,15,27H,4-5,10-11,26H2,1-3H3,(H,32,33). The number of rotatable bonds is 4. The molecule has 4 heterocycles. The molecular weight excluding hydrogens is 439 g/mol. The van der Waals surface area contributed by atoms with Crippen molar-refractivity contribution in [1.29, 1.82) is 0 Å². The molecule has 0 unspecified atom stereocenters. The quantitative estimate of drug-likeness (QED) is 0.498. The maximum absolute atomic E-state index is 15.4. The first kappa shape index (κ1) is 22.1. The number of halogens is 1. The number of nitrogens with one attached hydrogen (secondary N) is 1. The number of fused-ring (bicyclic) bond motifs is 2. The van der Waals surface area contributed by atoms with Gasteiger partial charge in [0.1, 0.15) is 18.1 Å². The van der Waals surface area contributed by atoms with Crippen LogP contribution >= 0.6 is 0 Å². The molecule has 2 aliphatic heterocycles. The molecule has 5 rings (SSSR count). The van der Waals surface area contributed by atoms with Crippen LogP contribution in [0.25, 0.3) is 21.9 Å². The van der Waals surface area contributed by atoms with E-state index in [9.17, 15) is 9.90 Å². The zero-order chi connectivity index (χ0) is 24.1. The van der Waals surface area contributed by atoms with E-state index in [1.54, 1.807) is 18.3 Å². The number of carbonyl (C=O) groups is 1. The van der Waals surface area contributed by atoms with Crippen molar-refractivity contribution in [1.82, 2.24) is 14.9 Å². The van der Waals surface area contributed by atoms with Crippen molar-refractivity contribution < 1.29 is 19.0 Å². The van der Waals surface area contributed by atoms with Crippen LogP contribution in [0.3, 0.4) is 0 Å². The van der Waals surface area contributed by atoms with Gasteiger partial charge in [-0.15, -0.1) is 0 Å². The molecule has 34 heavy (non-hydrogen) atoms. The molecule has 1 aromatic carbocycles. The van der Waals surface area contributed by atoms with Gasteiger partial charge in [0, 0.05) is 54.6 Å². The summed E-state index contributed by atoms with van der Waals surface area (Å²) < 4.78 is 21.0. The maximum Gasteiger partial charge on any atom is 0.413 e. The largest absolute Gasteiger partial charge is 0.474 e. The van der Waals surface area contributed by atoms with Crippen LogP contribution < -0.4 is 20.7 Å². The van der Waals surface area contributed by atoms with E-state index >= 15 is 4.39 Å². The predicted molar refractivity (Wildman–Crippen MR) is 129 cm³/mol. The topological polar surface area (TPSA) is 117 Å². The summed E-state index contributed by atoms with van der Waals surface area (Å²) in [7, 11) is 0. The number of amides is 1. The van der Waals surface area contributed by atoms with Gasteiger partial charge in [-0.3, -0.25) is 9.80 Å². The predicted octanol–water partition coefficient (Wildman–Crippen LogP) is 3.71. The van der Waals surface area contributed by atoms with Crippen LogP contribution in [0, 0.1) is 12.7 Å². The molecule has 1 saturated heterocycles. The number of ether oxygens (including phenoxy) is 1. The van der Waals surface area contributed by atoms with Gasteiger partial charge in [0.25, 0.3) is 0 Å². The summed E-state index contributed by atoms with van der Waals surface area (Å²) in [4.78, 5) is 24.2. The molecule has 0 saturated carbocycles. The number of hydrogen-bond donors (Lipinski definition) is 3. The van der Waals surface area contributed by atoms with Gasteiger partial charge < -0.3 is 20.9 Å². The van der Waals surface area contributed by atoms with Crippen molar-refractivity contribution in [3.63, 3.8) is 0 Å². The van der Waals surface area contributed by atoms with Gasteiger partial charge in [-0.1, -0.05) is 0 Å². The van der Waals surface area contributed by atoms with Gasteiger partial charge in [-0.25, -0.2) is 19.2 Å². The average molecular weight is 467 g/mol. The Morgan fingerprint density at radius 3 is 2.76 bits per heavy atom. The lowest BCUT2D eigenvalue weighted by molar-refractivity contribution is 0.103. The number of pyridine rings is 2. The van der Waals surface area contributed by atoms with E-state index in [4.69, 9.17) is 10.5 Å². The fourth-order valence-corrected chi connectivity index (χ4v) is 4.62. The summed E-state index contributed by atoms with van der Waals surface area (Å²) in [5.74, 6) is 0.215. The van der Waals surface area contributed by atoms with Crippen molar-refractivity contribution in [3.05, 3.63) is 35.9 Å². The van der Waals surface area contributed by atoms with Crippen LogP contribution in [-0.4, -0.2) is 64.4 Å². The summed E-state index contributed by atoms with van der Waals surface area (Å²) >= 11 is 0. The Labute approximate surface area is 196 Å². The monoisotopic (exact) mass is 466 g/mol. The van der Waals surface area contributed by atoms with Crippen LogP contribution in [-0.2, 0) is 0 Å². The fraction of sp³-hybridized carbons (Fsp3) is 0.375. The van der Waals surface area contributed by atoms with Crippen molar-refractivity contribution >= 4 is 34.1 Å². The second kappa shape index (κ2) is 8.28. The van der Waals surface area contributed by atoms with Gasteiger partial charge >= 0.3 is 6.09 Å². The molecule has 9 nitrogen and oxygen atoms in total. The van der Waals surface area contributed by atoms with Crippen LogP contribution in [0.2, 0.25) is 0 Å². The van der Waals surface area contributed by atoms with Crippen molar-refractivity contribution in [2.45, 2.75) is 32.9 Å². The van der Waals surface area contributed by atoms with E-state index in [2.05, 4.69) is 34.0 Å². The Balaban J connectivity index is 1.58. The first-order chi connectivity index (χ1) is 16.3. The number of carboxylic acid groups (broad SMARTS) is 1. The van der Waals surface area contributed by atoms with Gasteiger partial charge in [0.05, 0.1) is 11.7 Å². The Hall–Kier alpha value is -3.66. The third-order valence-corrected chi connectivity index (χ3v) is 6.66. The van der Waals surface area contributed by atoms with Gasteiger partial charge in [-0.2, -0.15) is 0 Å². The Kier molecular flexibility index (Phi) is 5.40. The molecule has 2 aliphatic rings. The van der Waals surface area contributed by atoms with Crippen LogP contribution in [0.5, 0.6) is 5.88 Å². The molecule has 10 heteroatoms. The zero-order valence-corrected chi connectivity index (χ0v) is 19.3. The molecule has 0 spiro atoms. The van der Waals surface area contributed by atoms with Crippen LogP contribution in [0.15, 0.2) is 24.5 Å². The van der Waals surface area contributed by atoms with E-state index in [1.807, 2.05) is 6.92 Å². The third-order valence-electron chi connectivity index (χ3n) is 6.66. The number of hydrogen-bond acceptors (Lipinski definition) is 7. The molecule has 0 aliphatic carbocycles. The minimum absolute atomic E-state index is 0.0376. The Morgan fingerprint density at radius 1 is 1.29 bits per heavy atom. The summed E-state index contributed by atoms with van der Waals surface area (Å²) in [5.41, 5.74) is 8.53. The lowest BCUT2D eigenvalue weighted by Crippen LogP contribution is -2.62. The molecule has 0 bridgehead atoms. The lowest BCUT2D eigenvalue weighted by Gasteiger charge is -2.45. The van der Waals surface area contributed by atoms with Crippen molar-refractivity contribution in [2.75, 3.05) is 42.2 Å². The first-order valence-corrected chi connectivity index (χ1v) is 11.3. The van der Waals surface area contributed by atoms with Crippen molar-refractivity contribution in [3.8, 4) is 17.0 Å². The van der Waals surface area contributed by atoms with Crippen molar-refractivity contribution in [2.24, 2.45) is 0 Å². The molecule has 1 amide bonds. The summed E-state index contributed by atoms with van der Waals surface area (Å²) in [6, 6.07) is 3.48. The third kappa shape index (κ3) is 3.54. The van der Waals surface area contributed by atoms with E-state index in [0.717, 1.165) is 11.3 Å². The van der Waals surface area contributed by atoms with Crippen LogP contribution in [0.1, 0.15) is 19.4 Å². The second-order valence-corrected chi connectivity index (χ2v) is 9.02. The highest BCUT2D eigenvalue weighted by Crippen LogP contribution is 2.40. The maximum atomic E-state index is 15.4. The molecule has 0 radical (unpaired) electrons. The molecular formula is C24H27FN6O3.